The van der Waals surface area contributed by atoms with E-state index in [4.69, 9.17) is 9.47 Å². The van der Waals surface area contributed by atoms with Gasteiger partial charge in [-0.2, -0.15) is 0 Å². The van der Waals surface area contributed by atoms with Crippen molar-refractivity contribution in [1.29, 1.82) is 0 Å². The highest BCUT2D eigenvalue weighted by Gasteiger charge is 2.26. The van der Waals surface area contributed by atoms with Crippen molar-refractivity contribution in [2.75, 3.05) is 19.7 Å². The third kappa shape index (κ3) is 4.70. The molecule has 1 heterocycles. The number of amides is 1. The lowest BCUT2D eigenvalue weighted by Gasteiger charge is -2.32. The molecule has 0 atom stereocenters. The van der Waals surface area contributed by atoms with Gasteiger partial charge in [-0.1, -0.05) is 30.9 Å². The van der Waals surface area contributed by atoms with E-state index >= 15 is 0 Å². The molecule has 0 N–H and O–H groups in total. The highest BCUT2D eigenvalue weighted by Crippen LogP contribution is 2.25. The number of ether oxygens (including phenoxy) is 2. The van der Waals surface area contributed by atoms with Crippen molar-refractivity contribution in [2.24, 2.45) is 0 Å². The molecule has 2 aromatic rings. The van der Waals surface area contributed by atoms with Crippen LogP contribution in [0, 0.1) is 13.8 Å². The van der Waals surface area contributed by atoms with E-state index in [1.165, 1.54) is 11.1 Å². The van der Waals surface area contributed by atoms with Crippen molar-refractivity contribution in [3.8, 4) is 11.5 Å². The molecule has 0 bridgehead atoms. The predicted molar refractivity (Wildman–Crippen MR) is 108 cm³/mol. The maximum atomic E-state index is 12.9. The monoisotopic (exact) mass is 365 g/mol. The number of nitrogens with zero attached hydrogens (tertiary/aromatic N) is 1. The largest absolute Gasteiger partial charge is 0.490 e. The summed E-state index contributed by atoms with van der Waals surface area (Å²) in [4.78, 5) is 14.8. The molecule has 3 rings (SSSR count). The number of hydrogen-bond donors (Lipinski definition) is 0. The number of hydrogen-bond acceptors (Lipinski definition) is 3. The SMILES string of the molecule is C=CCOc1ccccc1C(=O)N1CCC(Oc2ccc(C)c(C)c2)CC1. The van der Waals surface area contributed by atoms with Crippen molar-refractivity contribution in [3.63, 3.8) is 0 Å². The minimum absolute atomic E-state index is 0.0132. The fourth-order valence-electron chi connectivity index (χ4n) is 3.24. The zero-order valence-electron chi connectivity index (χ0n) is 16.1. The fourth-order valence-corrected chi connectivity index (χ4v) is 3.24. The summed E-state index contributed by atoms with van der Waals surface area (Å²) in [6, 6.07) is 13.6. The van der Waals surface area contributed by atoms with Gasteiger partial charge in [-0.25, -0.2) is 0 Å². The van der Waals surface area contributed by atoms with E-state index in [0.717, 1.165) is 18.6 Å². The Morgan fingerprint density at radius 3 is 2.59 bits per heavy atom. The molecule has 0 radical (unpaired) electrons. The molecule has 2 aromatic carbocycles. The molecule has 0 aromatic heterocycles. The smallest absolute Gasteiger partial charge is 0.257 e. The standard InChI is InChI=1S/C23H27NO3/c1-4-15-26-22-8-6-5-7-21(22)23(25)24-13-11-19(12-14-24)27-20-10-9-17(2)18(3)16-20/h4-10,16,19H,1,11-15H2,2-3H3. The topological polar surface area (TPSA) is 38.8 Å². The third-order valence-corrected chi connectivity index (χ3v) is 4.98. The van der Waals surface area contributed by atoms with Gasteiger partial charge in [0.1, 0.15) is 24.2 Å². The first-order valence-corrected chi connectivity index (χ1v) is 9.44. The Kier molecular flexibility index (Phi) is 6.17. The van der Waals surface area contributed by atoms with Crippen LogP contribution in [0.1, 0.15) is 34.3 Å². The molecule has 27 heavy (non-hydrogen) atoms. The molecule has 4 heteroatoms. The minimum Gasteiger partial charge on any atom is -0.490 e. The molecule has 1 aliphatic heterocycles. The Labute approximate surface area is 161 Å². The Morgan fingerprint density at radius 2 is 1.89 bits per heavy atom. The molecular weight excluding hydrogens is 338 g/mol. The summed E-state index contributed by atoms with van der Waals surface area (Å²) in [6.45, 7) is 9.60. The van der Waals surface area contributed by atoms with Gasteiger partial charge in [0, 0.05) is 25.9 Å². The van der Waals surface area contributed by atoms with E-state index < -0.39 is 0 Å². The molecule has 0 unspecified atom stereocenters. The Hall–Kier alpha value is -2.75. The first-order valence-electron chi connectivity index (χ1n) is 9.44. The lowest BCUT2D eigenvalue weighted by Crippen LogP contribution is -2.41. The van der Waals surface area contributed by atoms with E-state index in [9.17, 15) is 4.79 Å². The molecule has 142 valence electrons. The second-order valence-corrected chi connectivity index (χ2v) is 6.95. The van der Waals surface area contributed by atoms with Crippen LogP contribution in [0.5, 0.6) is 11.5 Å². The summed E-state index contributed by atoms with van der Waals surface area (Å²) >= 11 is 0. The molecule has 0 aliphatic carbocycles. The van der Waals surface area contributed by atoms with Crippen LogP contribution in [-0.4, -0.2) is 36.6 Å². The number of rotatable bonds is 6. The summed E-state index contributed by atoms with van der Waals surface area (Å²) in [6.07, 6.45) is 3.47. The maximum absolute atomic E-state index is 12.9. The van der Waals surface area contributed by atoms with Gasteiger partial charge in [-0.05, 0) is 49.2 Å². The number of likely N-dealkylation sites (tertiary alicyclic amines) is 1. The van der Waals surface area contributed by atoms with Crippen molar-refractivity contribution >= 4 is 5.91 Å². The van der Waals surface area contributed by atoms with Gasteiger partial charge >= 0.3 is 0 Å². The van der Waals surface area contributed by atoms with Gasteiger partial charge in [0.25, 0.3) is 5.91 Å². The number of aryl methyl sites for hydroxylation is 2. The first-order chi connectivity index (χ1) is 13.1. The van der Waals surface area contributed by atoms with Crippen molar-refractivity contribution in [1.82, 2.24) is 4.90 Å². The van der Waals surface area contributed by atoms with Crippen LogP contribution >= 0.6 is 0 Å². The minimum atomic E-state index is 0.0132. The van der Waals surface area contributed by atoms with Crippen molar-refractivity contribution < 1.29 is 14.3 Å². The van der Waals surface area contributed by atoms with E-state index in [-0.39, 0.29) is 12.0 Å². The Morgan fingerprint density at radius 1 is 1.15 bits per heavy atom. The van der Waals surface area contributed by atoms with Crippen LogP contribution in [0.4, 0.5) is 0 Å². The molecule has 1 saturated heterocycles. The molecule has 1 amide bonds. The van der Waals surface area contributed by atoms with E-state index in [1.807, 2.05) is 35.2 Å². The lowest BCUT2D eigenvalue weighted by molar-refractivity contribution is 0.0592. The van der Waals surface area contributed by atoms with Crippen LogP contribution < -0.4 is 9.47 Å². The fraction of sp³-hybridized carbons (Fsp3) is 0.348. The second-order valence-electron chi connectivity index (χ2n) is 6.95. The molecule has 1 aliphatic rings. The number of carbonyl (C=O) groups is 1. The quantitative estimate of drug-likeness (QED) is 0.705. The van der Waals surface area contributed by atoms with E-state index in [0.29, 0.717) is 31.0 Å². The average molecular weight is 365 g/mol. The molecular formula is C23H27NO3. The summed E-state index contributed by atoms with van der Waals surface area (Å²) in [5, 5.41) is 0. The van der Waals surface area contributed by atoms with Crippen LogP contribution in [0.15, 0.2) is 55.1 Å². The molecule has 0 saturated carbocycles. The van der Waals surface area contributed by atoms with E-state index in [2.05, 4.69) is 32.6 Å². The number of benzene rings is 2. The van der Waals surface area contributed by atoms with Crippen molar-refractivity contribution in [2.45, 2.75) is 32.8 Å². The van der Waals surface area contributed by atoms with Gasteiger partial charge in [0.15, 0.2) is 0 Å². The second kappa shape index (κ2) is 8.76. The summed E-state index contributed by atoms with van der Waals surface area (Å²) < 4.78 is 11.8. The normalized spacial score (nSPS) is 14.7. The Balaban J connectivity index is 1.59. The summed E-state index contributed by atoms with van der Waals surface area (Å²) in [7, 11) is 0. The van der Waals surface area contributed by atoms with Gasteiger partial charge in [0.2, 0.25) is 0 Å². The molecule has 0 spiro atoms. The van der Waals surface area contributed by atoms with Gasteiger partial charge < -0.3 is 14.4 Å². The zero-order valence-corrected chi connectivity index (χ0v) is 16.1. The van der Waals surface area contributed by atoms with Gasteiger partial charge in [-0.3, -0.25) is 4.79 Å². The van der Waals surface area contributed by atoms with Gasteiger partial charge in [-0.15, -0.1) is 0 Å². The molecule has 1 fully saturated rings. The van der Waals surface area contributed by atoms with Crippen LogP contribution in [0.2, 0.25) is 0 Å². The predicted octanol–water partition coefficient (Wildman–Crippen LogP) is 4.55. The van der Waals surface area contributed by atoms with Gasteiger partial charge in [0.05, 0.1) is 5.56 Å². The Bertz CT molecular complexity index is 807. The highest BCUT2D eigenvalue weighted by molar-refractivity contribution is 5.97. The number of piperidine rings is 1. The lowest BCUT2D eigenvalue weighted by atomic mass is 10.1. The number of carbonyl (C=O) groups excluding carboxylic acids is 1. The maximum Gasteiger partial charge on any atom is 0.257 e. The molecule has 4 nitrogen and oxygen atoms in total. The van der Waals surface area contributed by atoms with Crippen molar-refractivity contribution in [3.05, 3.63) is 71.8 Å². The number of para-hydroxylation sites is 1. The first kappa shape index (κ1) is 19.0. The summed E-state index contributed by atoms with van der Waals surface area (Å²) in [5.41, 5.74) is 3.10. The summed E-state index contributed by atoms with van der Waals surface area (Å²) in [5.74, 6) is 1.53. The van der Waals surface area contributed by atoms with Crippen LogP contribution in [0.25, 0.3) is 0 Å². The van der Waals surface area contributed by atoms with E-state index in [1.54, 1.807) is 6.08 Å². The van der Waals surface area contributed by atoms with Crippen LogP contribution in [-0.2, 0) is 0 Å². The zero-order chi connectivity index (χ0) is 19.2. The van der Waals surface area contributed by atoms with Crippen LogP contribution in [0.3, 0.4) is 0 Å². The highest BCUT2D eigenvalue weighted by atomic mass is 16.5. The third-order valence-electron chi connectivity index (χ3n) is 4.98. The average Bonchev–Trinajstić information content (AvgIpc) is 2.69.